The van der Waals surface area contributed by atoms with E-state index >= 15 is 0 Å². The predicted molar refractivity (Wildman–Crippen MR) is 256 cm³/mol. The minimum atomic E-state index is -0.244. The number of ether oxygens (including phenoxy) is 2. The minimum Gasteiger partial charge on any atom is -0.453 e. The normalized spacial score (nSPS) is 15.3. The Hall–Kier alpha value is -7.74. The van der Waals surface area contributed by atoms with Gasteiger partial charge in [0.1, 0.15) is 5.70 Å². The van der Waals surface area contributed by atoms with Crippen molar-refractivity contribution in [3.63, 3.8) is 0 Å². The van der Waals surface area contributed by atoms with Crippen LogP contribution in [0.1, 0.15) is 49.9 Å². The number of hydrogen-bond donors (Lipinski definition) is 0. The van der Waals surface area contributed by atoms with Gasteiger partial charge in [0.15, 0.2) is 23.0 Å². The van der Waals surface area contributed by atoms with Gasteiger partial charge in [-0.3, -0.25) is 4.90 Å². The highest BCUT2D eigenvalue weighted by atomic mass is 16.5. The van der Waals surface area contributed by atoms with Gasteiger partial charge in [-0.2, -0.15) is 0 Å². The number of hydrogen-bond acceptors (Lipinski definition) is 4. The lowest BCUT2D eigenvalue weighted by molar-refractivity contribution is 0.431. The standard InChI is InChI=1S/C57H44N2O2/c1-7-19-49-52(10-4)60-54-27-17-15-25-50(54)58(49)38-31-34-43-42-33-30-37(35-46(42)57(5,6)47(43)36-38)29-32-41-39-21-11-13-23-44(39)56(45-24-14-12-22-40(41)45)59-48(9-3)53(20-8-2)61-55-28-18-16-26-51(55)59/h3,7-8,10-36H,4H2,1-2,5-6H3. The largest absolute Gasteiger partial charge is 0.453 e. The molecular weight excluding hydrogens is 745 g/mol. The van der Waals surface area contributed by atoms with Crippen molar-refractivity contribution in [3.05, 3.63) is 216 Å². The number of allylic oxidation sites excluding steroid dienone is 6. The first-order valence-electron chi connectivity index (χ1n) is 20.7. The smallest absolute Gasteiger partial charge is 0.159 e. The third kappa shape index (κ3) is 5.93. The molecule has 4 heteroatoms. The van der Waals surface area contributed by atoms with E-state index in [9.17, 15) is 0 Å². The van der Waals surface area contributed by atoms with Crippen molar-refractivity contribution < 1.29 is 9.47 Å². The molecule has 10 rings (SSSR count). The van der Waals surface area contributed by atoms with E-state index in [0.29, 0.717) is 11.5 Å². The van der Waals surface area contributed by atoms with Gasteiger partial charge in [-0.1, -0.05) is 142 Å². The molecule has 294 valence electrons. The molecule has 1 aliphatic carbocycles. The molecule has 0 N–H and O–H groups in total. The molecule has 0 unspecified atom stereocenters. The molecule has 61 heavy (non-hydrogen) atoms. The van der Waals surface area contributed by atoms with Gasteiger partial charge in [0.25, 0.3) is 0 Å². The number of fused-ring (bicyclic) bond motifs is 7. The second kappa shape index (κ2) is 14.8. The van der Waals surface area contributed by atoms with Crippen molar-refractivity contribution in [2.24, 2.45) is 0 Å². The molecule has 0 spiro atoms. The fraction of sp³-hybridized carbons (Fsp3) is 0.0877. The van der Waals surface area contributed by atoms with E-state index < -0.39 is 0 Å². The molecule has 2 aliphatic heterocycles. The Morgan fingerprint density at radius 3 is 1.77 bits per heavy atom. The van der Waals surface area contributed by atoms with Crippen molar-refractivity contribution in [3.8, 4) is 35.0 Å². The maximum atomic E-state index is 6.38. The van der Waals surface area contributed by atoms with Gasteiger partial charge in [0, 0.05) is 21.9 Å². The first kappa shape index (κ1) is 37.5. The van der Waals surface area contributed by atoms with E-state index in [-0.39, 0.29) is 5.41 Å². The Morgan fingerprint density at radius 2 is 1.15 bits per heavy atom. The van der Waals surface area contributed by atoms with Crippen LogP contribution in [0.5, 0.6) is 11.5 Å². The second-order valence-corrected chi connectivity index (χ2v) is 16.0. The lowest BCUT2D eigenvalue weighted by atomic mass is 9.81. The number of terminal acetylenes is 1. The molecular formula is C57H44N2O2. The van der Waals surface area contributed by atoms with Crippen LogP contribution in [0.3, 0.4) is 0 Å². The van der Waals surface area contributed by atoms with Crippen molar-refractivity contribution >= 4 is 56.4 Å². The van der Waals surface area contributed by atoms with E-state index in [1.807, 2.05) is 62.4 Å². The van der Waals surface area contributed by atoms with Gasteiger partial charge in [0.05, 0.1) is 22.8 Å². The van der Waals surface area contributed by atoms with Crippen LogP contribution in [0.15, 0.2) is 193 Å². The first-order valence-corrected chi connectivity index (χ1v) is 20.7. The summed E-state index contributed by atoms with van der Waals surface area (Å²) in [6, 6.07) is 47.3. The van der Waals surface area contributed by atoms with Gasteiger partial charge in [-0.05, 0) is 119 Å². The van der Waals surface area contributed by atoms with E-state index in [4.69, 9.17) is 15.9 Å². The van der Waals surface area contributed by atoms with Crippen LogP contribution in [0.4, 0.5) is 22.7 Å². The van der Waals surface area contributed by atoms with Crippen molar-refractivity contribution in [1.29, 1.82) is 0 Å². The fourth-order valence-corrected chi connectivity index (χ4v) is 9.36. The molecule has 7 aromatic carbocycles. The monoisotopic (exact) mass is 788 g/mol. The van der Waals surface area contributed by atoms with Crippen LogP contribution in [0, 0.1) is 12.3 Å². The zero-order valence-corrected chi connectivity index (χ0v) is 34.7. The summed E-state index contributed by atoms with van der Waals surface area (Å²) >= 11 is 0. The van der Waals surface area contributed by atoms with Gasteiger partial charge in [-0.25, -0.2) is 0 Å². The topological polar surface area (TPSA) is 24.9 Å². The van der Waals surface area contributed by atoms with Crippen molar-refractivity contribution in [1.82, 2.24) is 0 Å². The molecule has 0 fully saturated rings. The molecule has 0 aromatic heterocycles. The summed E-state index contributed by atoms with van der Waals surface area (Å²) in [5.41, 5.74) is 12.8. The average Bonchev–Trinajstić information content (AvgIpc) is 3.51. The molecule has 0 saturated heterocycles. The Morgan fingerprint density at radius 1 is 0.590 bits per heavy atom. The molecule has 0 amide bonds. The quantitative estimate of drug-likeness (QED) is 0.0912. The second-order valence-electron chi connectivity index (χ2n) is 16.0. The lowest BCUT2D eigenvalue weighted by Gasteiger charge is -2.34. The SMILES string of the molecule is C#CC1=C(C=CC)Oc2ccccc2N1c1c2ccccc2c(C=Cc2ccc3c(c2)C(C)(C)c2cc(N4C(C=CC)=C(C=C)Oc5ccccc54)ccc2-3)c2ccccc12. The molecule has 2 heterocycles. The summed E-state index contributed by atoms with van der Waals surface area (Å²) in [6.45, 7) is 12.8. The Labute approximate surface area is 358 Å². The zero-order valence-electron chi connectivity index (χ0n) is 34.7. The number of para-hydroxylation sites is 4. The van der Waals surface area contributed by atoms with E-state index in [0.717, 1.165) is 78.4 Å². The van der Waals surface area contributed by atoms with Crippen LogP contribution >= 0.6 is 0 Å². The summed E-state index contributed by atoms with van der Waals surface area (Å²) in [5, 5.41) is 4.47. The lowest BCUT2D eigenvalue weighted by Crippen LogP contribution is -2.24. The van der Waals surface area contributed by atoms with Crippen LogP contribution < -0.4 is 19.3 Å². The van der Waals surface area contributed by atoms with Crippen LogP contribution in [-0.2, 0) is 5.41 Å². The fourth-order valence-electron chi connectivity index (χ4n) is 9.36. The van der Waals surface area contributed by atoms with Crippen LogP contribution in [-0.4, -0.2) is 0 Å². The third-order valence-electron chi connectivity index (χ3n) is 12.1. The third-order valence-corrected chi connectivity index (χ3v) is 12.1. The number of rotatable bonds is 7. The minimum absolute atomic E-state index is 0.244. The zero-order chi connectivity index (χ0) is 41.8. The van der Waals surface area contributed by atoms with Crippen LogP contribution in [0.25, 0.3) is 44.8 Å². The summed E-state index contributed by atoms with van der Waals surface area (Å²) in [5.74, 6) is 5.92. The summed E-state index contributed by atoms with van der Waals surface area (Å²) in [7, 11) is 0. The highest BCUT2D eigenvalue weighted by molar-refractivity contribution is 6.19. The van der Waals surface area contributed by atoms with Gasteiger partial charge in [0.2, 0.25) is 0 Å². The number of anilines is 4. The summed E-state index contributed by atoms with van der Waals surface area (Å²) in [6.07, 6.45) is 20.7. The highest BCUT2D eigenvalue weighted by Gasteiger charge is 2.37. The molecule has 0 bridgehead atoms. The molecule has 0 saturated carbocycles. The Kier molecular flexibility index (Phi) is 9.12. The Bertz CT molecular complexity index is 3130. The van der Waals surface area contributed by atoms with E-state index in [1.54, 1.807) is 6.08 Å². The average molecular weight is 789 g/mol. The molecule has 7 aromatic rings. The predicted octanol–water partition coefficient (Wildman–Crippen LogP) is 14.9. The van der Waals surface area contributed by atoms with Gasteiger partial charge >= 0.3 is 0 Å². The molecule has 0 atom stereocenters. The highest BCUT2D eigenvalue weighted by Crippen LogP contribution is 2.53. The van der Waals surface area contributed by atoms with Crippen LogP contribution in [0.2, 0.25) is 0 Å². The van der Waals surface area contributed by atoms with Crippen molar-refractivity contribution in [2.75, 3.05) is 9.80 Å². The number of benzene rings is 7. The van der Waals surface area contributed by atoms with Crippen molar-refractivity contribution in [2.45, 2.75) is 33.1 Å². The molecule has 0 radical (unpaired) electrons. The maximum absolute atomic E-state index is 6.38. The maximum Gasteiger partial charge on any atom is 0.159 e. The summed E-state index contributed by atoms with van der Waals surface area (Å²) in [4.78, 5) is 4.48. The first-order chi connectivity index (χ1) is 29.9. The van der Waals surface area contributed by atoms with Gasteiger partial charge in [-0.15, -0.1) is 6.42 Å². The Balaban J connectivity index is 1.07. The molecule has 4 nitrogen and oxygen atoms in total. The van der Waals surface area contributed by atoms with E-state index in [1.165, 1.54) is 22.3 Å². The summed E-state index contributed by atoms with van der Waals surface area (Å²) < 4.78 is 12.7. The van der Waals surface area contributed by atoms with E-state index in [2.05, 4.69) is 158 Å². The molecule has 3 aliphatic rings. The van der Waals surface area contributed by atoms with Gasteiger partial charge < -0.3 is 14.4 Å². The number of nitrogens with zero attached hydrogens (tertiary/aromatic N) is 2.